The van der Waals surface area contributed by atoms with Gasteiger partial charge in [-0.2, -0.15) is 0 Å². The molecule has 38 heavy (non-hydrogen) atoms. The Morgan fingerprint density at radius 3 is 1.00 bits per heavy atom. The summed E-state index contributed by atoms with van der Waals surface area (Å²) in [6, 6.07) is 22.9. The third-order valence-corrected chi connectivity index (χ3v) is 13.8. The summed E-state index contributed by atoms with van der Waals surface area (Å²) in [4.78, 5) is 0. The Balaban J connectivity index is 2.31. The number of unbranched alkanes of at least 4 members (excludes halogenated alkanes) is 15. The Morgan fingerprint density at radius 1 is 0.395 bits per heavy atom. The molecule has 0 spiro atoms. The van der Waals surface area contributed by atoms with Gasteiger partial charge in [0, 0.05) is 0 Å². The molecule has 2 aromatic rings. The minimum absolute atomic E-state index is 1.34. The third-order valence-electron chi connectivity index (χ3n) is 8.49. The van der Waals surface area contributed by atoms with E-state index in [0.29, 0.717) is 0 Å². The molecule has 0 fully saturated rings. The molecule has 0 N–H and O–H groups in total. The van der Waals surface area contributed by atoms with Gasteiger partial charge in [0.15, 0.2) is 0 Å². The van der Waals surface area contributed by atoms with Crippen molar-refractivity contribution in [1.29, 1.82) is 0 Å². The standard InChI is InChI=1S/C36H62NP/c1-4-7-10-13-16-25-32-38(33-26-17-14-11-8-5-2,34-27-18-15-12-9-6-3)37(35-28-21-19-22-29-35)36-30-23-20-24-31-36/h19-24,28-31,38H,4-18,25-27,32-34H2,1-3H3. The summed E-state index contributed by atoms with van der Waals surface area (Å²) in [7, 11) is -1.78. The van der Waals surface area contributed by atoms with Crippen molar-refractivity contribution in [3.05, 3.63) is 60.7 Å². The first-order valence-corrected chi connectivity index (χ1v) is 19.2. The van der Waals surface area contributed by atoms with Gasteiger partial charge in [-0.1, -0.05) is 0 Å². The summed E-state index contributed by atoms with van der Waals surface area (Å²) < 4.78 is 2.93. The second-order valence-corrected chi connectivity index (χ2v) is 16.2. The SMILES string of the molecule is CCCCCCCC[PH](CCCCCCCC)(CCCCCCCC)N(c1ccccc1)c1ccccc1. The van der Waals surface area contributed by atoms with Crippen LogP contribution in [0.2, 0.25) is 0 Å². The normalized spacial score (nSPS) is 12.1. The number of anilines is 2. The Morgan fingerprint density at radius 2 is 0.684 bits per heavy atom. The van der Waals surface area contributed by atoms with E-state index in [9.17, 15) is 0 Å². The van der Waals surface area contributed by atoms with Crippen molar-refractivity contribution in [2.75, 3.05) is 23.2 Å². The summed E-state index contributed by atoms with van der Waals surface area (Å²) in [5, 5.41) is 0. The van der Waals surface area contributed by atoms with Crippen molar-refractivity contribution < 1.29 is 0 Å². The molecule has 0 aliphatic heterocycles. The molecule has 0 heterocycles. The van der Waals surface area contributed by atoms with Crippen LogP contribution in [0, 0.1) is 0 Å². The van der Waals surface area contributed by atoms with E-state index in [1.165, 1.54) is 145 Å². The predicted molar refractivity (Wildman–Crippen MR) is 178 cm³/mol. The molecule has 2 aromatic carbocycles. The molecule has 0 radical (unpaired) electrons. The van der Waals surface area contributed by atoms with Crippen LogP contribution < -0.4 is 4.67 Å². The average molecular weight is 540 g/mol. The van der Waals surface area contributed by atoms with Crippen LogP contribution in [-0.2, 0) is 0 Å². The van der Waals surface area contributed by atoms with Crippen molar-refractivity contribution in [3.8, 4) is 0 Å². The third kappa shape index (κ3) is 12.7. The van der Waals surface area contributed by atoms with Crippen molar-refractivity contribution in [1.82, 2.24) is 0 Å². The molecule has 0 amide bonds. The summed E-state index contributed by atoms with van der Waals surface area (Å²) in [5.74, 6) is 0. The van der Waals surface area contributed by atoms with Crippen LogP contribution in [0.5, 0.6) is 0 Å². The van der Waals surface area contributed by atoms with Gasteiger partial charge in [0.25, 0.3) is 0 Å². The average Bonchev–Trinajstić information content (AvgIpc) is 2.95. The van der Waals surface area contributed by atoms with Crippen LogP contribution in [0.3, 0.4) is 0 Å². The molecule has 0 saturated carbocycles. The summed E-state index contributed by atoms with van der Waals surface area (Å²) >= 11 is 0. The molecule has 0 aliphatic rings. The second-order valence-electron chi connectivity index (χ2n) is 11.8. The first-order chi connectivity index (χ1) is 18.8. The molecule has 0 bridgehead atoms. The summed E-state index contributed by atoms with van der Waals surface area (Å²) in [6.07, 6.45) is 29.6. The zero-order valence-corrected chi connectivity index (χ0v) is 26.6. The molecule has 0 aromatic heterocycles. The number of para-hydroxylation sites is 2. The number of rotatable bonds is 24. The Kier molecular flexibility index (Phi) is 18.6. The van der Waals surface area contributed by atoms with Gasteiger partial charge in [-0.25, -0.2) is 0 Å². The molecule has 2 heteroatoms. The topological polar surface area (TPSA) is 3.24 Å². The quantitative estimate of drug-likeness (QED) is 0.0947. The van der Waals surface area contributed by atoms with Crippen molar-refractivity contribution in [3.63, 3.8) is 0 Å². The van der Waals surface area contributed by atoms with Crippen LogP contribution in [0.4, 0.5) is 11.4 Å². The fourth-order valence-electron chi connectivity index (χ4n) is 6.26. The monoisotopic (exact) mass is 539 g/mol. The molecule has 0 unspecified atom stereocenters. The number of nitrogens with zero attached hydrogens (tertiary/aromatic N) is 1. The van der Waals surface area contributed by atoms with Crippen molar-refractivity contribution in [2.24, 2.45) is 0 Å². The van der Waals surface area contributed by atoms with Crippen LogP contribution in [0.1, 0.15) is 136 Å². The maximum atomic E-state index is 2.93. The van der Waals surface area contributed by atoms with Gasteiger partial charge < -0.3 is 0 Å². The van der Waals surface area contributed by atoms with Crippen LogP contribution in [0.15, 0.2) is 60.7 Å². The van der Waals surface area contributed by atoms with Gasteiger partial charge in [-0.05, 0) is 0 Å². The van der Waals surface area contributed by atoms with Crippen LogP contribution in [-0.4, -0.2) is 18.5 Å². The van der Waals surface area contributed by atoms with E-state index < -0.39 is 7.41 Å². The first kappa shape index (κ1) is 32.9. The van der Waals surface area contributed by atoms with Crippen LogP contribution >= 0.6 is 7.41 Å². The van der Waals surface area contributed by atoms with Gasteiger partial charge >= 0.3 is 239 Å². The zero-order chi connectivity index (χ0) is 27.2. The number of hydrogen-bond donors (Lipinski definition) is 0. The Bertz CT molecular complexity index is 694. The van der Waals surface area contributed by atoms with Gasteiger partial charge in [-0.15, -0.1) is 0 Å². The number of benzene rings is 2. The molecular formula is C36H62NP. The van der Waals surface area contributed by atoms with Crippen molar-refractivity contribution >= 4 is 18.8 Å². The molecule has 0 aliphatic carbocycles. The molecule has 0 atom stereocenters. The van der Waals surface area contributed by atoms with E-state index in [4.69, 9.17) is 0 Å². The van der Waals surface area contributed by atoms with Gasteiger partial charge in [-0.3, -0.25) is 0 Å². The molecule has 216 valence electrons. The molecule has 0 saturated heterocycles. The summed E-state index contributed by atoms with van der Waals surface area (Å²) in [6.45, 7) is 6.99. The minimum atomic E-state index is -1.78. The maximum absolute atomic E-state index is 2.93. The van der Waals surface area contributed by atoms with Crippen molar-refractivity contribution in [2.45, 2.75) is 136 Å². The second kappa shape index (κ2) is 21.5. The molecular weight excluding hydrogens is 477 g/mol. The Hall–Kier alpha value is -1.33. The molecule has 2 rings (SSSR count). The van der Waals surface area contributed by atoms with E-state index in [-0.39, 0.29) is 0 Å². The summed E-state index contributed by atoms with van der Waals surface area (Å²) in [5.41, 5.74) is 2.88. The van der Waals surface area contributed by atoms with E-state index in [0.717, 1.165) is 0 Å². The van der Waals surface area contributed by atoms with Gasteiger partial charge in [0.2, 0.25) is 0 Å². The first-order valence-electron chi connectivity index (χ1n) is 16.7. The van der Waals surface area contributed by atoms with Gasteiger partial charge in [0.05, 0.1) is 0 Å². The fraction of sp³-hybridized carbons (Fsp3) is 0.667. The Labute approximate surface area is 238 Å². The van der Waals surface area contributed by atoms with E-state index in [1.807, 2.05) is 0 Å². The zero-order valence-electron chi connectivity index (χ0n) is 25.6. The van der Waals surface area contributed by atoms with Crippen LogP contribution in [0.25, 0.3) is 0 Å². The van der Waals surface area contributed by atoms with Gasteiger partial charge in [0.1, 0.15) is 0 Å². The fourth-order valence-corrected chi connectivity index (χ4v) is 11.8. The van der Waals surface area contributed by atoms with E-state index >= 15 is 0 Å². The molecule has 1 nitrogen and oxygen atoms in total. The van der Waals surface area contributed by atoms with E-state index in [2.05, 4.69) is 86.1 Å². The van der Waals surface area contributed by atoms with E-state index in [1.54, 1.807) is 0 Å². The predicted octanol–water partition coefficient (Wildman–Crippen LogP) is 12.6. The number of hydrogen-bond acceptors (Lipinski definition) is 1.